The monoisotopic (exact) mass is 134 g/mol. The third kappa shape index (κ3) is 0.666. The molecule has 0 heterocycles. The van der Waals surface area contributed by atoms with Crippen molar-refractivity contribution in [3.63, 3.8) is 0 Å². The number of allylic oxidation sites excluding steroid dienone is 3. The van der Waals surface area contributed by atoms with E-state index in [0.29, 0.717) is 11.7 Å². The van der Waals surface area contributed by atoms with Crippen LogP contribution in [0, 0.1) is 11.8 Å². The van der Waals surface area contributed by atoms with Crippen LogP contribution in [0.5, 0.6) is 0 Å². The molecule has 2 aliphatic carbocycles. The minimum absolute atomic E-state index is 0.271. The van der Waals surface area contributed by atoms with E-state index in [1.165, 1.54) is 5.57 Å². The second-order valence-corrected chi connectivity index (χ2v) is 3.19. The van der Waals surface area contributed by atoms with Crippen molar-refractivity contribution in [3.8, 4) is 0 Å². The highest BCUT2D eigenvalue weighted by molar-refractivity contribution is 5.95. The van der Waals surface area contributed by atoms with Crippen molar-refractivity contribution in [1.82, 2.24) is 0 Å². The summed E-state index contributed by atoms with van der Waals surface area (Å²) in [5, 5.41) is 0. The molecule has 2 rings (SSSR count). The minimum Gasteiger partial charge on any atom is -0.295 e. The van der Waals surface area contributed by atoms with Gasteiger partial charge in [0.2, 0.25) is 0 Å². The maximum Gasteiger partial charge on any atom is 0.159 e. The van der Waals surface area contributed by atoms with Gasteiger partial charge in [0, 0.05) is 5.92 Å². The van der Waals surface area contributed by atoms with Crippen molar-refractivity contribution < 1.29 is 4.79 Å². The van der Waals surface area contributed by atoms with Gasteiger partial charge in [0.05, 0.1) is 0 Å². The highest BCUT2D eigenvalue weighted by Gasteiger charge is 2.35. The molecular weight excluding hydrogens is 124 g/mol. The van der Waals surface area contributed by atoms with Crippen molar-refractivity contribution in [2.75, 3.05) is 0 Å². The fraction of sp³-hybridized carbons (Fsp3) is 0.444. The summed E-state index contributed by atoms with van der Waals surface area (Å²) in [5.74, 6) is 1.08. The summed E-state index contributed by atoms with van der Waals surface area (Å²) in [7, 11) is 0. The Labute approximate surface area is 60.4 Å². The molecule has 0 N–H and O–H groups in total. The number of carbonyl (C=O) groups excluding carboxylic acids is 1. The molecule has 1 heteroatoms. The van der Waals surface area contributed by atoms with Crippen LogP contribution in [-0.4, -0.2) is 5.78 Å². The molecule has 2 atom stereocenters. The van der Waals surface area contributed by atoms with E-state index in [2.05, 4.69) is 6.58 Å². The van der Waals surface area contributed by atoms with E-state index < -0.39 is 0 Å². The van der Waals surface area contributed by atoms with Crippen LogP contribution in [0.2, 0.25) is 0 Å². The SMILES string of the molecule is C=C1CC2C=CC(=O)C2C1. The number of hydrogen-bond acceptors (Lipinski definition) is 1. The minimum atomic E-state index is 0.271. The molecule has 0 aromatic carbocycles. The Kier molecular flexibility index (Phi) is 1.07. The number of carbonyl (C=O) groups is 1. The molecule has 0 saturated heterocycles. The summed E-state index contributed by atoms with van der Waals surface area (Å²) < 4.78 is 0. The number of hydrogen-bond donors (Lipinski definition) is 0. The summed E-state index contributed by atoms with van der Waals surface area (Å²) in [4.78, 5) is 11.1. The van der Waals surface area contributed by atoms with Gasteiger partial charge in [0.1, 0.15) is 0 Å². The first-order valence-electron chi connectivity index (χ1n) is 3.66. The lowest BCUT2D eigenvalue weighted by Crippen LogP contribution is -2.07. The first kappa shape index (κ1) is 5.90. The van der Waals surface area contributed by atoms with E-state index in [1.807, 2.05) is 6.08 Å². The topological polar surface area (TPSA) is 17.1 Å². The van der Waals surface area contributed by atoms with Gasteiger partial charge in [-0.25, -0.2) is 0 Å². The number of ketones is 1. The van der Waals surface area contributed by atoms with E-state index in [-0.39, 0.29) is 5.92 Å². The Morgan fingerprint density at radius 2 is 2.30 bits per heavy atom. The summed E-state index contributed by atoms with van der Waals surface area (Å²) in [6.45, 7) is 3.88. The van der Waals surface area contributed by atoms with Crippen LogP contribution >= 0.6 is 0 Å². The Morgan fingerprint density at radius 3 is 3.00 bits per heavy atom. The molecule has 0 aromatic heterocycles. The highest BCUT2D eigenvalue weighted by Crippen LogP contribution is 2.39. The average Bonchev–Trinajstić information content (AvgIpc) is 2.35. The molecule has 2 aliphatic rings. The predicted molar refractivity (Wildman–Crippen MR) is 39.5 cm³/mol. The Hall–Kier alpha value is -0.850. The van der Waals surface area contributed by atoms with Crippen molar-refractivity contribution in [2.24, 2.45) is 11.8 Å². The molecule has 0 amide bonds. The van der Waals surface area contributed by atoms with Crippen molar-refractivity contribution in [3.05, 3.63) is 24.3 Å². The number of rotatable bonds is 0. The van der Waals surface area contributed by atoms with Crippen LogP contribution in [0.3, 0.4) is 0 Å². The van der Waals surface area contributed by atoms with Gasteiger partial charge in [-0.1, -0.05) is 18.2 Å². The molecule has 1 fully saturated rings. The summed E-state index contributed by atoms with van der Waals surface area (Å²) >= 11 is 0. The molecule has 1 nitrogen and oxygen atoms in total. The number of fused-ring (bicyclic) bond motifs is 1. The second-order valence-electron chi connectivity index (χ2n) is 3.19. The Bertz CT molecular complexity index is 225. The van der Waals surface area contributed by atoms with Crippen LogP contribution in [0.4, 0.5) is 0 Å². The largest absolute Gasteiger partial charge is 0.295 e. The zero-order chi connectivity index (χ0) is 7.14. The summed E-state index contributed by atoms with van der Waals surface area (Å²) in [6.07, 6.45) is 5.72. The van der Waals surface area contributed by atoms with Crippen LogP contribution in [0.15, 0.2) is 24.3 Å². The van der Waals surface area contributed by atoms with Gasteiger partial charge in [-0.2, -0.15) is 0 Å². The van der Waals surface area contributed by atoms with Gasteiger partial charge in [-0.3, -0.25) is 4.79 Å². The normalized spacial score (nSPS) is 37.2. The van der Waals surface area contributed by atoms with Gasteiger partial charge in [0.15, 0.2) is 5.78 Å². The maximum absolute atomic E-state index is 11.1. The van der Waals surface area contributed by atoms with Crippen LogP contribution in [-0.2, 0) is 4.79 Å². The van der Waals surface area contributed by atoms with Gasteiger partial charge in [0.25, 0.3) is 0 Å². The second kappa shape index (κ2) is 1.82. The van der Waals surface area contributed by atoms with Crippen molar-refractivity contribution in [1.29, 1.82) is 0 Å². The molecule has 0 bridgehead atoms. The maximum atomic E-state index is 11.1. The summed E-state index contributed by atoms with van der Waals surface area (Å²) in [6, 6.07) is 0. The van der Waals surface area contributed by atoms with Crippen LogP contribution in [0.1, 0.15) is 12.8 Å². The highest BCUT2D eigenvalue weighted by atomic mass is 16.1. The molecule has 10 heavy (non-hydrogen) atoms. The smallest absolute Gasteiger partial charge is 0.159 e. The zero-order valence-electron chi connectivity index (χ0n) is 5.84. The summed E-state index contributed by atoms with van der Waals surface area (Å²) in [5.41, 5.74) is 1.24. The van der Waals surface area contributed by atoms with Crippen LogP contribution in [0.25, 0.3) is 0 Å². The van der Waals surface area contributed by atoms with Gasteiger partial charge in [-0.05, 0) is 24.8 Å². The fourth-order valence-electron chi connectivity index (χ4n) is 1.88. The zero-order valence-corrected chi connectivity index (χ0v) is 5.84. The molecule has 52 valence electrons. The van der Waals surface area contributed by atoms with Gasteiger partial charge in [-0.15, -0.1) is 0 Å². The standard InChI is InChI=1S/C9H10O/c1-6-4-7-2-3-9(10)8(7)5-6/h2-3,7-8H,1,4-5H2. The lowest BCUT2D eigenvalue weighted by Gasteiger charge is -2.02. The van der Waals surface area contributed by atoms with Gasteiger partial charge >= 0.3 is 0 Å². The molecule has 0 aliphatic heterocycles. The first-order chi connectivity index (χ1) is 4.77. The molecule has 1 saturated carbocycles. The van der Waals surface area contributed by atoms with E-state index in [9.17, 15) is 4.79 Å². The van der Waals surface area contributed by atoms with Crippen molar-refractivity contribution in [2.45, 2.75) is 12.8 Å². The third-order valence-electron chi connectivity index (χ3n) is 2.42. The fourth-order valence-corrected chi connectivity index (χ4v) is 1.88. The lowest BCUT2D eigenvalue weighted by molar-refractivity contribution is -0.117. The van der Waals surface area contributed by atoms with E-state index in [1.54, 1.807) is 6.08 Å². The molecular formula is C9H10O. The molecule has 2 unspecified atom stereocenters. The molecule has 0 spiro atoms. The quantitative estimate of drug-likeness (QED) is 0.461. The molecule has 0 radical (unpaired) electrons. The van der Waals surface area contributed by atoms with Crippen molar-refractivity contribution >= 4 is 5.78 Å². The lowest BCUT2D eigenvalue weighted by atomic mass is 9.99. The Morgan fingerprint density at radius 1 is 1.50 bits per heavy atom. The average molecular weight is 134 g/mol. The van der Waals surface area contributed by atoms with Gasteiger partial charge < -0.3 is 0 Å². The third-order valence-corrected chi connectivity index (χ3v) is 2.42. The molecule has 0 aromatic rings. The first-order valence-corrected chi connectivity index (χ1v) is 3.66. The Balaban J connectivity index is 2.26. The predicted octanol–water partition coefficient (Wildman–Crippen LogP) is 1.71. The van der Waals surface area contributed by atoms with E-state index in [0.717, 1.165) is 12.8 Å². The van der Waals surface area contributed by atoms with E-state index >= 15 is 0 Å². The van der Waals surface area contributed by atoms with Crippen LogP contribution < -0.4 is 0 Å². The van der Waals surface area contributed by atoms with E-state index in [4.69, 9.17) is 0 Å².